The van der Waals surface area contributed by atoms with E-state index in [2.05, 4.69) is 63.4 Å². The maximum atomic E-state index is 11.2. The third kappa shape index (κ3) is 7.71. The molecule has 0 amide bonds. The van der Waals surface area contributed by atoms with Crippen molar-refractivity contribution < 1.29 is 28.5 Å². The fraction of sp³-hybridized carbons (Fsp3) is 0.231. The second-order valence-electron chi connectivity index (χ2n) is 11.5. The lowest BCUT2D eigenvalue weighted by molar-refractivity contribution is -0.145. The Labute approximate surface area is 264 Å². The van der Waals surface area contributed by atoms with Gasteiger partial charge in [0.1, 0.15) is 11.5 Å². The second kappa shape index (κ2) is 14.1. The van der Waals surface area contributed by atoms with E-state index in [-0.39, 0.29) is 19.0 Å². The summed E-state index contributed by atoms with van der Waals surface area (Å²) in [5.74, 6) is 0.289. The smallest absolute Gasteiger partial charge is 0.333 e. The van der Waals surface area contributed by atoms with Crippen molar-refractivity contribution in [2.75, 3.05) is 13.6 Å². The zero-order chi connectivity index (χ0) is 31.8. The summed E-state index contributed by atoms with van der Waals surface area (Å²) in [4.78, 5) is 22.3. The van der Waals surface area contributed by atoms with Crippen molar-refractivity contribution in [2.24, 2.45) is 0 Å². The van der Waals surface area contributed by atoms with Crippen molar-refractivity contribution in [3.05, 3.63) is 144 Å². The molecule has 0 fully saturated rings. The molecule has 230 valence electrons. The Hall–Kier alpha value is -5.10. The van der Waals surface area contributed by atoms with Gasteiger partial charge in [0.15, 0.2) is 0 Å². The van der Waals surface area contributed by atoms with E-state index in [1.54, 1.807) is 0 Å². The maximum absolute atomic E-state index is 11.2. The van der Waals surface area contributed by atoms with Crippen LogP contribution in [0.15, 0.2) is 110 Å². The van der Waals surface area contributed by atoms with Crippen LogP contribution >= 0.6 is 0 Å². The Bertz CT molecular complexity index is 1560. The molecule has 6 heteroatoms. The highest BCUT2D eigenvalue weighted by Gasteiger charge is 2.35. The van der Waals surface area contributed by atoms with Crippen molar-refractivity contribution >= 4 is 11.9 Å². The van der Waals surface area contributed by atoms with E-state index < -0.39 is 11.9 Å². The van der Waals surface area contributed by atoms with Gasteiger partial charge in [0, 0.05) is 17.6 Å². The minimum Gasteiger partial charge on any atom is -0.457 e. The molecule has 0 aliphatic heterocycles. The fourth-order valence-corrected chi connectivity index (χ4v) is 5.65. The van der Waals surface area contributed by atoms with Crippen LogP contribution in [0.4, 0.5) is 0 Å². The molecular weight excluding hydrogens is 564 g/mol. The molecule has 0 aromatic heterocycles. The summed E-state index contributed by atoms with van der Waals surface area (Å²) in [5.41, 5.74) is 10.4. The zero-order valence-corrected chi connectivity index (χ0v) is 25.8. The van der Waals surface area contributed by atoms with Gasteiger partial charge in [-0.3, -0.25) is 0 Å². The topological polar surface area (TPSA) is 71.1 Å². The molecule has 45 heavy (non-hydrogen) atoms. The molecule has 0 unspecified atom stereocenters. The van der Waals surface area contributed by atoms with Crippen LogP contribution in [0.5, 0.6) is 11.5 Å². The van der Waals surface area contributed by atoms with Crippen molar-refractivity contribution in [1.29, 1.82) is 0 Å². The molecule has 0 atom stereocenters. The second-order valence-corrected chi connectivity index (χ2v) is 11.5. The van der Waals surface area contributed by atoms with E-state index in [1.165, 1.54) is 44.5 Å². The van der Waals surface area contributed by atoms with Crippen molar-refractivity contribution in [1.82, 2.24) is 0 Å². The van der Waals surface area contributed by atoms with E-state index in [0.29, 0.717) is 11.5 Å². The van der Waals surface area contributed by atoms with Crippen LogP contribution in [0, 0.1) is 0 Å². The third-order valence-electron chi connectivity index (χ3n) is 8.24. The van der Waals surface area contributed by atoms with Crippen LogP contribution in [0.25, 0.3) is 11.1 Å². The number of fused-ring (bicyclic) bond motifs is 3. The van der Waals surface area contributed by atoms with Crippen molar-refractivity contribution in [2.45, 2.75) is 44.9 Å². The summed E-state index contributed by atoms with van der Waals surface area (Å²) < 4.78 is 20.7. The summed E-state index contributed by atoms with van der Waals surface area (Å²) in [6.07, 6.45) is 5.92. The summed E-state index contributed by atoms with van der Waals surface area (Å²) in [5, 5.41) is 0. The molecule has 0 radical (unpaired) electrons. The summed E-state index contributed by atoms with van der Waals surface area (Å²) in [6, 6.07) is 29.6. The summed E-state index contributed by atoms with van der Waals surface area (Å²) in [7, 11) is 0. The van der Waals surface area contributed by atoms with Gasteiger partial charge in [-0.25, -0.2) is 9.59 Å². The Morgan fingerprint density at radius 3 is 1.31 bits per heavy atom. The Morgan fingerprint density at radius 1 is 0.578 bits per heavy atom. The van der Waals surface area contributed by atoms with E-state index in [9.17, 15) is 9.59 Å². The molecule has 0 saturated heterocycles. The van der Waals surface area contributed by atoms with Crippen LogP contribution in [-0.4, -0.2) is 25.5 Å². The van der Waals surface area contributed by atoms with Crippen LogP contribution in [-0.2, 0) is 50.2 Å². The fourth-order valence-electron chi connectivity index (χ4n) is 5.65. The number of carbonyl (C=O) groups excluding carboxylic acids is 2. The highest BCUT2D eigenvalue weighted by Crippen LogP contribution is 2.49. The standard InChI is InChI=1S/C39H38O6/c1-5-37(40)44-25-42-31-17-11-27(12-18-31)7-9-29-15-21-33-34-22-16-30(24-36(34)39(3,4)35(33)23-29)10-8-28-13-19-32(20-14-28)43-26-45-38(41)6-2/h5-6,11-24H,1-2,7-10,25-26H2,3-4H3. The van der Waals surface area contributed by atoms with Gasteiger partial charge in [0.2, 0.25) is 13.6 Å². The van der Waals surface area contributed by atoms with Gasteiger partial charge in [-0.2, -0.15) is 0 Å². The number of carbonyl (C=O) groups is 2. The number of benzene rings is 4. The van der Waals surface area contributed by atoms with Crippen LogP contribution in [0.2, 0.25) is 0 Å². The normalized spacial score (nSPS) is 12.4. The van der Waals surface area contributed by atoms with E-state index in [1.807, 2.05) is 48.5 Å². The first-order valence-corrected chi connectivity index (χ1v) is 15.1. The van der Waals surface area contributed by atoms with Crippen molar-refractivity contribution in [3.8, 4) is 22.6 Å². The molecule has 4 aromatic carbocycles. The predicted molar refractivity (Wildman–Crippen MR) is 175 cm³/mol. The number of rotatable bonds is 14. The quantitative estimate of drug-likeness (QED) is 0.0837. The van der Waals surface area contributed by atoms with Gasteiger partial charge in [0.25, 0.3) is 0 Å². The third-order valence-corrected chi connectivity index (χ3v) is 8.24. The zero-order valence-electron chi connectivity index (χ0n) is 25.8. The first-order chi connectivity index (χ1) is 21.8. The van der Waals surface area contributed by atoms with Gasteiger partial charge in [-0.05, 0) is 94.5 Å². The summed E-state index contributed by atoms with van der Waals surface area (Å²) >= 11 is 0. The van der Waals surface area contributed by atoms with Crippen LogP contribution in [0.3, 0.4) is 0 Å². The molecule has 0 spiro atoms. The van der Waals surface area contributed by atoms with Gasteiger partial charge in [-0.15, -0.1) is 0 Å². The maximum Gasteiger partial charge on any atom is 0.333 e. The lowest BCUT2D eigenvalue weighted by Crippen LogP contribution is -2.15. The number of hydrogen-bond donors (Lipinski definition) is 0. The Balaban J connectivity index is 1.17. The molecule has 0 heterocycles. The Kier molecular flexibility index (Phi) is 9.83. The number of esters is 2. The molecule has 5 rings (SSSR count). The largest absolute Gasteiger partial charge is 0.457 e. The minimum absolute atomic E-state index is 0.0846. The Morgan fingerprint density at radius 2 is 0.933 bits per heavy atom. The monoisotopic (exact) mass is 602 g/mol. The van der Waals surface area contributed by atoms with Gasteiger partial charge in [0.05, 0.1) is 0 Å². The molecule has 4 aromatic rings. The van der Waals surface area contributed by atoms with Gasteiger partial charge >= 0.3 is 11.9 Å². The molecule has 0 bridgehead atoms. The number of ether oxygens (including phenoxy) is 4. The lowest BCUT2D eigenvalue weighted by atomic mass is 9.81. The molecule has 1 aliphatic rings. The van der Waals surface area contributed by atoms with Gasteiger partial charge < -0.3 is 18.9 Å². The first kappa shape index (κ1) is 31.3. The van der Waals surface area contributed by atoms with Gasteiger partial charge in [-0.1, -0.05) is 87.7 Å². The summed E-state index contributed by atoms with van der Waals surface area (Å²) in [6.45, 7) is 11.1. The highest BCUT2D eigenvalue weighted by atomic mass is 16.7. The number of aryl methyl sites for hydroxylation is 4. The molecule has 1 aliphatic carbocycles. The van der Waals surface area contributed by atoms with E-state index >= 15 is 0 Å². The van der Waals surface area contributed by atoms with Crippen LogP contribution in [0.1, 0.15) is 47.2 Å². The first-order valence-electron chi connectivity index (χ1n) is 15.1. The SMILES string of the molecule is C=CC(=O)OCOc1ccc(CCc2ccc3c(c2)C(C)(C)c2cc(CCc4ccc(OCOC(=O)C=C)cc4)ccc2-3)cc1. The molecule has 0 N–H and O–H groups in total. The average molecular weight is 603 g/mol. The van der Waals surface area contributed by atoms with Crippen LogP contribution < -0.4 is 9.47 Å². The average Bonchev–Trinajstić information content (AvgIpc) is 3.28. The molecule has 0 saturated carbocycles. The highest BCUT2D eigenvalue weighted by molar-refractivity contribution is 5.82. The molecule has 6 nitrogen and oxygen atoms in total. The van der Waals surface area contributed by atoms with E-state index in [0.717, 1.165) is 37.8 Å². The molecular formula is C39H38O6. The van der Waals surface area contributed by atoms with Crippen molar-refractivity contribution in [3.63, 3.8) is 0 Å². The van der Waals surface area contributed by atoms with E-state index in [4.69, 9.17) is 18.9 Å². The number of hydrogen-bond acceptors (Lipinski definition) is 6. The predicted octanol–water partition coefficient (Wildman–Crippen LogP) is 7.69. The minimum atomic E-state index is -0.508. The lowest BCUT2D eigenvalue weighted by Gasteiger charge is -2.22.